The first-order valence-electron chi connectivity index (χ1n) is 6.16. The van der Waals surface area contributed by atoms with Gasteiger partial charge in [0.25, 0.3) is 0 Å². The first-order chi connectivity index (χ1) is 8.68. The molecule has 2 rings (SSSR count). The number of carboxylic acid groups (broad SMARTS) is 1. The maximum absolute atomic E-state index is 11.7. The minimum absolute atomic E-state index is 0.130. The molecule has 6 nitrogen and oxygen atoms in total. The van der Waals surface area contributed by atoms with E-state index >= 15 is 0 Å². The van der Waals surface area contributed by atoms with E-state index in [0.29, 0.717) is 19.4 Å². The number of hydrogen-bond donors (Lipinski definition) is 2. The lowest BCUT2D eigenvalue weighted by Crippen LogP contribution is -2.44. The standard InChI is InChI=1S/C12H17N3O3/c16-11(9-3-4-10(9)12(17)18)13-5-1-7-15-8-2-6-14-15/h2,6,8-10H,1,3-5,7H2,(H,13,16)(H,17,18). The Morgan fingerprint density at radius 2 is 2.17 bits per heavy atom. The van der Waals surface area contributed by atoms with E-state index in [0.717, 1.165) is 13.0 Å². The molecule has 1 aromatic rings. The van der Waals surface area contributed by atoms with Crippen LogP contribution in [-0.4, -0.2) is 33.3 Å². The molecule has 1 saturated carbocycles. The Balaban J connectivity index is 1.65. The Hall–Kier alpha value is -1.85. The van der Waals surface area contributed by atoms with Gasteiger partial charge in [0.1, 0.15) is 0 Å². The highest BCUT2D eigenvalue weighted by atomic mass is 16.4. The molecule has 2 atom stereocenters. The lowest BCUT2D eigenvalue weighted by atomic mass is 9.73. The number of aromatic nitrogens is 2. The summed E-state index contributed by atoms with van der Waals surface area (Å²) in [6.45, 7) is 1.31. The van der Waals surface area contributed by atoms with E-state index in [2.05, 4.69) is 10.4 Å². The molecule has 1 aliphatic carbocycles. The number of amides is 1. The topological polar surface area (TPSA) is 84.2 Å². The van der Waals surface area contributed by atoms with Crippen LogP contribution in [0.15, 0.2) is 18.5 Å². The van der Waals surface area contributed by atoms with Gasteiger partial charge < -0.3 is 10.4 Å². The van der Waals surface area contributed by atoms with Crippen LogP contribution in [0.4, 0.5) is 0 Å². The number of carbonyl (C=O) groups excluding carboxylic acids is 1. The van der Waals surface area contributed by atoms with Gasteiger partial charge in [-0.25, -0.2) is 0 Å². The summed E-state index contributed by atoms with van der Waals surface area (Å²) in [5, 5.41) is 15.7. The average Bonchev–Trinajstić information content (AvgIpc) is 2.74. The van der Waals surface area contributed by atoms with Gasteiger partial charge >= 0.3 is 5.97 Å². The van der Waals surface area contributed by atoms with Crippen LogP contribution >= 0.6 is 0 Å². The van der Waals surface area contributed by atoms with Gasteiger partial charge in [0.2, 0.25) is 5.91 Å². The predicted molar refractivity (Wildman–Crippen MR) is 63.7 cm³/mol. The van der Waals surface area contributed by atoms with E-state index in [1.165, 1.54) is 0 Å². The predicted octanol–water partition coefficient (Wildman–Crippen LogP) is 0.500. The fourth-order valence-electron chi connectivity index (χ4n) is 2.13. The fraction of sp³-hybridized carbons (Fsp3) is 0.583. The number of rotatable bonds is 6. The number of nitrogens with zero attached hydrogens (tertiary/aromatic N) is 2. The van der Waals surface area contributed by atoms with E-state index in [9.17, 15) is 9.59 Å². The van der Waals surface area contributed by atoms with Gasteiger partial charge in [-0.15, -0.1) is 0 Å². The molecule has 18 heavy (non-hydrogen) atoms. The van der Waals surface area contributed by atoms with E-state index in [1.54, 1.807) is 10.9 Å². The normalized spacial score (nSPS) is 22.2. The number of carbonyl (C=O) groups is 2. The van der Waals surface area contributed by atoms with E-state index in [-0.39, 0.29) is 11.8 Å². The number of aryl methyl sites for hydroxylation is 1. The molecular weight excluding hydrogens is 234 g/mol. The van der Waals surface area contributed by atoms with Gasteiger partial charge in [0.05, 0.1) is 11.8 Å². The van der Waals surface area contributed by atoms with Crippen LogP contribution in [0, 0.1) is 11.8 Å². The van der Waals surface area contributed by atoms with Crippen LogP contribution in [0.1, 0.15) is 19.3 Å². The molecule has 1 aliphatic rings. The third-order valence-corrected chi connectivity index (χ3v) is 3.35. The monoisotopic (exact) mass is 251 g/mol. The summed E-state index contributed by atoms with van der Waals surface area (Å²) in [6.07, 6.45) is 5.67. The molecule has 6 heteroatoms. The lowest BCUT2D eigenvalue weighted by Gasteiger charge is -2.31. The maximum atomic E-state index is 11.7. The lowest BCUT2D eigenvalue weighted by molar-refractivity contribution is -0.152. The Kier molecular flexibility index (Phi) is 3.96. The number of nitrogens with one attached hydrogen (secondary N) is 1. The zero-order valence-corrected chi connectivity index (χ0v) is 10.1. The molecule has 98 valence electrons. The summed E-state index contributed by atoms with van der Waals surface area (Å²) < 4.78 is 1.80. The highest BCUT2D eigenvalue weighted by Crippen LogP contribution is 2.34. The van der Waals surface area contributed by atoms with Crippen LogP contribution < -0.4 is 5.32 Å². The molecule has 2 unspecified atom stereocenters. The zero-order chi connectivity index (χ0) is 13.0. The minimum atomic E-state index is -0.863. The maximum Gasteiger partial charge on any atom is 0.307 e. The second-order valence-corrected chi connectivity index (χ2v) is 4.54. The second kappa shape index (κ2) is 5.66. The number of carboxylic acids is 1. The minimum Gasteiger partial charge on any atom is -0.481 e. The van der Waals surface area contributed by atoms with Gasteiger partial charge in [-0.2, -0.15) is 5.10 Å². The molecule has 0 bridgehead atoms. The quantitative estimate of drug-likeness (QED) is 0.721. The van der Waals surface area contributed by atoms with Crippen molar-refractivity contribution in [1.29, 1.82) is 0 Å². The summed E-state index contributed by atoms with van der Waals surface area (Å²) in [4.78, 5) is 22.5. The number of hydrogen-bond acceptors (Lipinski definition) is 3. The Morgan fingerprint density at radius 1 is 1.39 bits per heavy atom. The van der Waals surface area contributed by atoms with Crippen LogP contribution in [0.3, 0.4) is 0 Å². The Morgan fingerprint density at radius 3 is 2.72 bits per heavy atom. The summed E-state index contributed by atoms with van der Waals surface area (Å²) >= 11 is 0. The van der Waals surface area contributed by atoms with Gasteiger partial charge in [-0.3, -0.25) is 14.3 Å². The van der Waals surface area contributed by atoms with Crippen molar-refractivity contribution >= 4 is 11.9 Å². The third-order valence-electron chi connectivity index (χ3n) is 3.35. The van der Waals surface area contributed by atoms with Crippen molar-refractivity contribution in [3.05, 3.63) is 18.5 Å². The van der Waals surface area contributed by atoms with Crippen molar-refractivity contribution in [2.75, 3.05) is 6.54 Å². The van der Waals surface area contributed by atoms with Gasteiger partial charge in [-0.1, -0.05) is 0 Å². The molecule has 2 N–H and O–H groups in total. The molecule has 1 amide bonds. The summed E-state index contributed by atoms with van der Waals surface area (Å²) in [7, 11) is 0. The Bertz CT molecular complexity index is 416. The van der Waals surface area contributed by atoms with Crippen LogP contribution in [-0.2, 0) is 16.1 Å². The smallest absolute Gasteiger partial charge is 0.307 e. The third kappa shape index (κ3) is 2.88. The zero-order valence-electron chi connectivity index (χ0n) is 10.1. The SMILES string of the molecule is O=C(O)C1CCC1C(=O)NCCCn1cccn1. The van der Waals surface area contributed by atoms with Crippen LogP contribution in [0.25, 0.3) is 0 Å². The van der Waals surface area contributed by atoms with Crippen LogP contribution in [0.5, 0.6) is 0 Å². The highest BCUT2D eigenvalue weighted by molar-refractivity contribution is 5.86. The molecule has 0 spiro atoms. The van der Waals surface area contributed by atoms with E-state index < -0.39 is 11.9 Å². The first kappa shape index (κ1) is 12.6. The molecular formula is C12H17N3O3. The van der Waals surface area contributed by atoms with E-state index in [1.807, 2.05) is 12.3 Å². The summed E-state index contributed by atoms with van der Waals surface area (Å²) in [5.74, 6) is -1.82. The molecule has 0 aromatic carbocycles. The van der Waals surface area contributed by atoms with E-state index in [4.69, 9.17) is 5.11 Å². The van der Waals surface area contributed by atoms with Crippen molar-refractivity contribution in [3.8, 4) is 0 Å². The highest BCUT2D eigenvalue weighted by Gasteiger charge is 2.41. The van der Waals surface area contributed by atoms with Crippen LogP contribution in [0.2, 0.25) is 0 Å². The summed E-state index contributed by atoms with van der Waals surface area (Å²) in [5.41, 5.74) is 0. The van der Waals surface area contributed by atoms with Crippen molar-refractivity contribution in [2.45, 2.75) is 25.8 Å². The van der Waals surface area contributed by atoms with Crippen molar-refractivity contribution in [3.63, 3.8) is 0 Å². The van der Waals surface area contributed by atoms with Gasteiger partial charge in [-0.05, 0) is 25.3 Å². The largest absolute Gasteiger partial charge is 0.481 e. The first-order valence-corrected chi connectivity index (χ1v) is 6.16. The van der Waals surface area contributed by atoms with Gasteiger partial charge in [0.15, 0.2) is 0 Å². The fourth-order valence-corrected chi connectivity index (χ4v) is 2.13. The average molecular weight is 251 g/mol. The molecule has 1 aromatic heterocycles. The molecule has 1 heterocycles. The Labute approximate surface area is 105 Å². The van der Waals surface area contributed by atoms with Crippen molar-refractivity contribution in [2.24, 2.45) is 11.8 Å². The van der Waals surface area contributed by atoms with Crippen molar-refractivity contribution < 1.29 is 14.7 Å². The number of aliphatic carboxylic acids is 1. The molecule has 1 fully saturated rings. The summed E-state index contributed by atoms with van der Waals surface area (Å²) in [6, 6.07) is 1.85. The molecule has 0 aliphatic heterocycles. The second-order valence-electron chi connectivity index (χ2n) is 4.54. The van der Waals surface area contributed by atoms with Crippen molar-refractivity contribution in [1.82, 2.24) is 15.1 Å². The molecule has 0 radical (unpaired) electrons. The molecule has 0 saturated heterocycles. The van der Waals surface area contributed by atoms with Gasteiger partial charge in [0, 0.05) is 25.5 Å².